The molecule has 8 nitrogen and oxygen atoms in total. The summed E-state index contributed by atoms with van der Waals surface area (Å²) >= 11 is 0. The number of fused-ring (bicyclic) bond motifs is 1. The Balaban J connectivity index is 2.09. The van der Waals surface area contributed by atoms with Crippen molar-refractivity contribution in [3.05, 3.63) is 39.4 Å². The van der Waals surface area contributed by atoms with Gasteiger partial charge in [0.2, 0.25) is 0 Å². The van der Waals surface area contributed by atoms with Gasteiger partial charge in [0.1, 0.15) is 5.54 Å². The Kier molecular flexibility index (Phi) is 3.39. The monoisotopic (exact) mass is 318 g/mol. The van der Waals surface area contributed by atoms with E-state index in [0.717, 1.165) is 23.5 Å². The standard InChI is InChI=1S/C15H14N2O6/c18-12-10-5-4-9(17(22)23)8-11(10)13(19)16(12)15(14(20)21)6-2-1-3-7-15/h4-5,8H,1-3,6-7H2,(H,20,21). The number of hydrogen-bond donors (Lipinski definition) is 1. The highest BCUT2D eigenvalue weighted by atomic mass is 16.6. The Bertz CT molecular complexity index is 735. The molecule has 1 N–H and O–H groups in total. The summed E-state index contributed by atoms with van der Waals surface area (Å²) in [6.07, 6.45) is 2.48. The number of carboxylic acids is 1. The predicted octanol–water partition coefficient (Wildman–Crippen LogP) is 1.98. The number of aliphatic carboxylic acids is 1. The molecule has 0 spiro atoms. The van der Waals surface area contributed by atoms with Crippen molar-refractivity contribution in [2.75, 3.05) is 0 Å². The summed E-state index contributed by atoms with van der Waals surface area (Å²) in [6.45, 7) is 0. The largest absolute Gasteiger partial charge is 0.479 e. The van der Waals surface area contributed by atoms with Gasteiger partial charge in [0.15, 0.2) is 0 Å². The summed E-state index contributed by atoms with van der Waals surface area (Å²) in [5.74, 6) is -2.66. The lowest BCUT2D eigenvalue weighted by molar-refractivity contribution is -0.384. The van der Waals surface area contributed by atoms with E-state index in [4.69, 9.17) is 0 Å². The van der Waals surface area contributed by atoms with Gasteiger partial charge >= 0.3 is 5.97 Å². The molecule has 0 saturated heterocycles. The van der Waals surface area contributed by atoms with E-state index in [1.807, 2.05) is 0 Å². The van der Waals surface area contributed by atoms with Crippen LogP contribution < -0.4 is 0 Å². The summed E-state index contributed by atoms with van der Waals surface area (Å²) in [7, 11) is 0. The van der Waals surface area contributed by atoms with Crippen molar-refractivity contribution < 1.29 is 24.4 Å². The number of nitrogens with zero attached hydrogens (tertiary/aromatic N) is 2. The number of carbonyl (C=O) groups excluding carboxylic acids is 2. The highest BCUT2D eigenvalue weighted by Gasteiger charge is 2.54. The molecule has 0 radical (unpaired) electrons. The molecule has 0 aromatic heterocycles. The van der Waals surface area contributed by atoms with Gasteiger partial charge in [0.25, 0.3) is 17.5 Å². The minimum absolute atomic E-state index is 0.0202. The van der Waals surface area contributed by atoms with Gasteiger partial charge in [-0.2, -0.15) is 0 Å². The van der Waals surface area contributed by atoms with E-state index in [-0.39, 0.29) is 29.7 Å². The number of nitro groups is 1. The van der Waals surface area contributed by atoms with Crippen LogP contribution in [-0.4, -0.2) is 38.3 Å². The minimum atomic E-state index is -1.56. The van der Waals surface area contributed by atoms with Gasteiger partial charge < -0.3 is 5.11 Å². The van der Waals surface area contributed by atoms with Crippen molar-refractivity contribution in [3.63, 3.8) is 0 Å². The average molecular weight is 318 g/mol. The Morgan fingerprint density at radius 3 is 2.30 bits per heavy atom. The first kappa shape index (κ1) is 15.1. The van der Waals surface area contributed by atoms with E-state index in [9.17, 15) is 29.6 Å². The first-order valence-electron chi connectivity index (χ1n) is 7.29. The number of carbonyl (C=O) groups is 3. The number of non-ortho nitro benzene ring substituents is 1. The van der Waals surface area contributed by atoms with Gasteiger partial charge in [0, 0.05) is 12.1 Å². The molecule has 3 rings (SSSR count). The van der Waals surface area contributed by atoms with Gasteiger partial charge in [0.05, 0.1) is 16.1 Å². The Morgan fingerprint density at radius 1 is 1.13 bits per heavy atom. The number of rotatable bonds is 3. The van der Waals surface area contributed by atoms with Gasteiger partial charge in [-0.05, 0) is 18.9 Å². The first-order chi connectivity index (χ1) is 10.9. The van der Waals surface area contributed by atoms with Crippen LogP contribution >= 0.6 is 0 Å². The maximum absolute atomic E-state index is 12.6. The van der Waals surface area contributed by atoms with Crippen LogP contribution in [0, 0.1) is 10.1 Å². The van der Waals surface area contributed by atoms with E-state index in [1.54, 1.807) is 0 Å². The first-order valence-corrected chi connectivity index (χ1v) is 7.29. The van der Waals surface area contributed by atoms with E-state index in [0.29, 0.717) is 12.8 Å². The average Bonchev–Trinajstić information content (AvgIpc) is 2.79. The second-order valence-electron chi connectivity index (χ2n) is 5.83. The van der Waals surface area contributed by atoms with E-state index < -0.39 is 28.2 Å². The van der Waals surface area contributed by atoms with Gasteiger partial charge in [-0.15, -0.1) is 0 Å². The molecule has 8 heteroatoms. The van der Waals surface area contributed by atoms with Crippen LogP contribution in [-0.2, 0) is 4.79 Å². The number of carboxylic acid groups (broad SMARTS) is 1. The van der Waals surface area contributed by atoms with Crippen molar-refractivity contribution in [3.8, 4) is 0 Å². The molecule has 1 aliphatic carbocycles. The third-order valence-corrected chi connectivity index (χ3v) is 4.59. The molecular formula is C15H14N2O6. The normalized spacial score (nSPS) is 19.6. The maximum atomic E-state index is 12.6. The molecule has 23 heavy (non-hydrogen) atoms. The quantitative estimate of drug-likeness (QED) is 0.517. The van der Waals surface area contributed by atoms with E-state index >= 15 is 0 Å². The highest BCUT2D eigenvalue weighted by molar-refractivity contribution is 6.23. The molecule has 120 valence electrons. The Morgan fingerprint density at radius 2 is 1.74 bits per heavy atom. The molecule has 1 aromatic carbocycles. The molecule has 0 atom stereocenters. The maximum Gasteiger partial charge on any atom is 0.330 e. The van der Waals surface area contributed by atoms with Crippen LogP contribution in [0.3, 0.4) is 0 Å². The fourth-order valence-electron chi connectivity index (χ4n) is 3.40. The van der Waals surface area contributed by atoms with E-state index in [2.05, 4.69) is 0 Å². The van der Waals surface area contributed by atoms with Crippen LogP contribution in [0.4, 0.5) is 5.69 Å². The van der Waals surface area contributed by atoms with Crippen LogP contribution in [0.5, 0.6) is 0 Å². The molecule has 2 amide bonds. The molecule has 2 aliphatic rings. The topological polar surface area (TPSA) is 118 Å². The molecule has 1 fully saturated rings. The number of benzene rings is 1. The minimum Gasteiger partial charge on any atom is -0.479 e. The zero-order valence-corrected chi connectivity index (χ0v) is 12.2. The van der Waals surface area contributed by atoms with Crippen molar-refractivity contribution in [1.29, 1.82) is 0 Å². The SMILES string of the molecule is O=C1c2ccc([N+](=O)[O-])cc2C(=O)N1C1(C(=O)O)CCCCC1. The molecule has 0 bridgehead atoms. The summed E-state index contributed by atoms with van der Waals surface area (Å²) < 4.78 is 0. The van der Waals surface area contributed by atoms with Crippen molar-refractivity contribution in [1.82, 2.24) is 4.90 Å². The second-order valence-corrected chi connectivity index (χ2v) is 5.83. The van der Waals surface area contributed by atoms with Crippen molar-refractivity contribution in [2.24, 2.45) is 0 Å². The predicted molar refractivity (Wildman–Crippen MR) is 77.0 cm³/mol. The van der Waals surface area contributed by atoms with Crippen molar-refractivity contribution in [2.45, 2.75) is 37.6 Å². The molecule has 1 saturated carbocycles. The number of imide groups is 1. The zero-order valence-electron chi connectivity index (χ0n) is 12.2. The number of amides is 2. The highest BCUT2D eigenvalue weighted by Crippen LogP contribution is 2.39. The lowest BCUT2D eigenvalue weighted by Crippen LogP contribution is -2.58. The van der Waals surface area contributed by atoms with E-state index in [1.165, 1.54) is 6.07 Å². The third kappa shape index (κ3) is 2.09. The van der Waals surface area contributed by atoms with Gasteiger partial charge in [-0.1, -0.05) is 19.3 Å². The van der Waals surface area contributed by atoms with Crippen LogP contribution in [0.15, 0.2) is 18.2 Å². The Labute approximate surface area is 130 Å². The molecular weight excluding hydrogens is 304 g/mol. The van der Waals surface area contributed by atoms with Gasteiger partial charge in [-0.3, -0.25) is 24.6 Å². The number of hydrogen-bond acceptors (Lipinski definition) is 5. The molecule has 1 aromatic rings. The number of nitro benzene ring substituents is 1. The molecule has 1 aliphatic heterocycles. The smallest absolute Gasteiger partial charge is 0.330 e. The molecule has 0 unspecified atom stereocenters. The second kappa shape index (κ2) is 5.15. The van der Waals surface area contributed by atoms with Crippen LogP contribution in [0.1, 0.15) is 52.8 Å². The summed E-state index contributed by atoms with van der Waals surface area (Å²) in [5, 5.41) is 20.5. The van der Waals surface area contributed by atoms with Crippen molar-refractivity contribution >= 4 is 23.5 Å². The fraction of sp³-hybridized carbons (Fsp3) is 0.400. The van der Waals surface area contributed by atoms with Crippen LogP contribution in [0.25, 0.3) is 0 Å². The molecule has 1 heterocycles. The lowest BCUT2D eigenvalue weighted by Gasteiger charge is -2.39. The Hall–Kier alpha value is -2.77. The van der Waals surface area contributed by atoms with Crippen LogP contribution in [0.2, 0.25) is 0 Å². The summed E-state index contributed by atoms with van der Waals surface area (Å²) in [5.41, 5.74) is -1.94. The summed E-state index contributed by atoms with van der Waals surface area (Å²) in [4.78, 5) is 48.0. The fourth-order valence-corrected chi connectivity index (χ4v) is 3.40. The third-order valence-electron chi connectivity index (χ3n) is 4.59. The summed E-state index contributed by atoms with van der Waals surface area (Å²) in [6, 6.07) is 3.39. The van der Waals surface area contributed by atoms with Gasteiger partial charge in [-0.25, -0.2) is 4.79 Å². The zero-order chi connectivity index (χ0) is 16.8. The lowest BCUT2D eigenvalue weighted by atomic mass is 9.80.